The van der Waals surface area contributed by atoms with E-state index in [0.717, 1.165) is 32.8 Å². The molecular formula is C15H15BrN2OS2. The molecule has 1 aliphatic rings. The molecule has 0 saturated heterocycles. The van der Waals surface area contributed by atoms with Gasteiger partial charge in [-0.1, -0.05) is 0 Å². The molecule has 3 nitrogen and oxygen atoms in total. The highest BCUT2D eigenvalue weighted by molar-refractivity contribution is 9.10. The quantitative estimate of drug-likeness (QED) is 0.754. The maximum atomic E-state index is 12.4. The number of thioether (sulfide) groups is 1. The number of carbonyl (C=O) groups excluding carboxylic acids is 1. The Morgan fingerprint density at radius 2 is 2.19 bits per heavy atom. The minimum absolute atomic E-state index is 0.0874. The van der Waals surface area contributed by atoms with E-state index in [1.165, 1.54) is 10.4 Å². The zero-order valence-electron chi connectivity index (χ0n) is 11.5. The molecule has 0 bridgehead atoms. The van der Waals surface area contributed by atoms with E-state index in [9.17, 15) is 4.79 Å². The average molecular weight is 383 g/mol. The lowest BCUT2D eigenvalue weighted by molar-refractivity contribution is 0.103. The predicted octanol–water partition coefficient (Wildman–Crippen LogP) is 4.44. The van der Waals surface area contributed by atoms with Gasteiger partial charge in [-0.3, -0.25) is 4.79 Å². The number of nitrogens with one attached hydrogen (secondary N) is 1. The Hall–Kier alpha value is -0.980. The second-order valence-corrected chi connectivity index (χ2v) is 8.12. The molecule has 0 saturated carbocycles. The van der Waals surface area contributed by atoms with E-state index < -0.39 is 0 Å². The lowest BCUT2D eigenvalue weighted by Gasteiger charge is -2.10. The molecule has 3 N–H and O–H groups in total. The predicted molar refractivity (Wildman–Crippen MR) is 95.4 cm³/mol. The van der Waals surface area contributed by atoms with Crippen molar-refractivity contribution < 1.29 is 4.79 Å². The maximum Gasteiger partial charge on any atom is 0.265 e. The highest BCUT2D eigenvalue weighted by atomic mass is 79.9. The van der Waals surface area contributed by atoms with Gasteiger partial charge in [0.25, 0.3) is 5.91 Å². The van der Waals surface area contributed by atoms with Gasteiger partial charge in [-0.2, -0.15) is 11.8 Å². The Balaban J connectivity index is 1.85. The van der Waals surface area contributed by atoms with Crippen LogP contribution in [0.5, 0.6) is 0 Å². The van der Waals surface area contributed by atoms with Crippen LogP contribution in [0.15, 0.2) is 22.7 Å². The van der Waals surface area contributed by atoms with Crippen molar-refractivity contribution in [2.24, 2.45) is 0 Å². The molecule has 0 aliphatic carbocycles. The molecule has 6 heteroatoms. The van der Waals surface area contributed by atoms with Crippen LogP contribution >= 0.6 is 39.0 Å². The second-order valence-electron chi connectivity index (χ2n) is 5.03. The molecule has 1 aromatic heterocycles. The van der Waals surface area contributed by atoms with Crippen molar-refractivity contribution in [2.75, 3.05) is 16.8 Å². The minimum atomic E-state index is -0.0874. The van der Waals surface area contributed by atoms with Crippen molar-refractivity contribution in [3.05, 3.63) is 43.6 Å². The van der Waals surface area contributed by atoms with E-state index in [1.807, 2.05) is 36.9 Å². The Labute approximate surface area is 140 Å². The normalized spacial score (nSPS) is 13.8. The van der Waals surface area contributed by atoms with Crippen molar-refractivity contribution in [1.82, 2.24) is 0 Å². The number of fused-ring (bicyclic) bond motifs is 1. The van der Waals surface area contributed by atoms with Crippen LogP contribution in [0.1, 0.15) is 25.7 Å². The third-order valence-corrected chi connectivity index (χ3v) is 6.22. The van der Waals surface area contributed by atoms with Gasteiger partial charge < -0.3 is 11.1 Å². The van der Waals surface area contributed by atoms with Gasteiger partial charge >= 0.3 is 0 Å². The number of halogens is 1. The number of rotatable bonds is 2. The third kappa shape index (κ3) is 3.12. The van der Waals surface area contributed by atoms with Crippen LogP contribution in [0.3, 0.4) is 0 Å². The van der Waals surface area contributed by atoms with E-state index in [0.29, 0.717) is 11.4 Å². The van der Waals surface area contributed by atoms with Crippen molar-refractivity contribution in [1.29, 1.82) is 0 Å². The molecule has 2 aromatic rings. The summed E-state index contributed by atoms with van der Waals surface area (Å²) in [4.78, 5) is 14.5. The van der Waals surface area contributed by atoms with Crippen LogP contribution in [0, 0.1) is 6.92 Å². The van der Waals surface area contributed by atoms with Gasteiger partial charge in [0, 0.05) is 15.1 Å². The number of amides is 1. The first kappa shape index (κ1) is 14.9. The molecule has 0 radical (unpaired) electrons. The summed E-state index contributed by atoms with van der Waals surface area (Å²) in [5.41, 5.74) is 9.58. The van der Waals surface area contributed by atoms with Gasteiger partial charge in [-0.15, -0.1) is 11.3 Å². The first-order chi connectivity index (χ1) is 10.0. The molecule has 0 fully saturated rings. The molecule has 110 valence electrons. The summed E-state index contributed by atoms with van der Waals surface area (Å²) >= 11 is 6.98. The summed E-state index contributed by atoms with van der Waals surface area (Å²) in [6.07, 6.45) is 1.06. The largest absolute Gasteiger partial charge is 0.397 e. The number of nitrogens with two attached hydrogens (primary N) is 1. The van der Waals surface area contributed by atoms with Gasteiger partial charge in [0.1, 0.15) is 0 Å². The van der Waals surface area contributed by atoms with Gasteiger partial charge in [0.2, 0.25) is 0 Å². The number of nitrogen functional groups attached to an aromatic ring is 1. The molecule has 21 heavy (non-hydrogen) atoms. The van der Waals surface area contributed by atoms with E-state index in [2.05, 4.69) is 21.2 Å². The van der Waals surface area contributed by atoms with E-state index in [1.54, 1.807) is 11.3 Å². The fraction of sp³-hybridized carbons (Fsp3) is 0.267. The summed E-state index contributed by atoms with van der Waals surface area (Å²) < 4.78 is 0.810. The Kier molecular flexibility index (Phi) is 4.28. The third-order valence-electron chi connectivity index (χ3n) is 3.36. The monoisotopic (exact) mass is 382 g/mol. The zero-order valence-corrected chi connectivity index (χ0v) is 14.8. The van der Waals surface area contributed by atoms with Crippen molar-refractivity contribution in [3.8, 4) is 0 Å². The number of aryl methyl sites for hydroxylation is 2. The standard InChI is InChI=1S/C15H15BrN2OS2/c1-8-4-10(16)14(11(17)5-8)18-15(19)13-6-9-7-20-3-2-12(9)21-13/h4-6H,2-3,7,17H2,1H3,(H,18,19). The Bertz CT molecular complexity index is 665. The summed E-state index contributed by atoms with van der Waals surface area (Å²) in [6, 6.07) is 5.82. The number of thiophene rings is 1. The zero-order chi connectivity index (χ0) is 15.0. The molecule has 2 heterocycles. The number of hydrogen-bond donors (Lipinski definition) is 2. The molecular weight excluding hydrogens is 368 g/mol. The number of hydrogen-bond acceptors (Lipinski definition) is 4. The number of anilines is 2. The molecule has 1 amide bonds. The molecule has 0 spiro atoms. The molecule has 0 unspecified atom stereocenters. The van der Waals surface area contributed by atoms with Crippen LogP contribution in [0.4, 0.5) is 11.4 Å². The topological polar surface area (TPSA) is 55.1 Å². The Morgan fingerprint density at radius 1 is 1.38 bits per heavy atom. The SMILES string of the molecule is Cc1cc(N)c(NC(=O)c2cc3c(s2)CCSC3)c(Br)c1. The first-order valence-electron chi connectivity index (χ1n) is 6.61. The number of carbonyl (C=O) groups is 1. The fourth-order valence-electron chi connectivity index (χ4n) is 2.34. The van der Waals surface area contributed by atoms with E-state index in [-0.39, 0.29) is 5.91 Å². The van der Waals surface area contributed by atoms with E-state index in [4.69, 9.17) is 5.73 Å². The van der Waals surface area contributed by atoms with Crippen LogP contribution < -0.4 is 11.1 Å². The van der Waals surface area contributed by atoms with E-state index >= 15 is 0 Å². The molecule has 1 aromatic carbocycles. The lowest BCUT2D eigenvalue weighted by Crippen LogP contribution is -2.12. The highest BCUT2D eigenvalue weighted by Gasteiger charge is 2.18. The lowest BCUT2D eigenvalue weighted by atomic mass is 10.2. The van der Waals surface area contributed by atoms with Gasteiger partial charge in [0.15, 0.2) is 0 Å². The van der Waals surface area contributed by atoms with Gasteiger partial charge in [0.05, 0.1) is 16.3 Å². The maximum absolute atomic E-state index is 12.4. The van der Waals surface area contributed by atoms with Gasteiger partial charge in [-0.05, 0) is 64.4 Å². The molecule has 1 aliphatic heterocycles. The highest BCUT2D eigenvalue weighted by Crippen LogP contribution is 2.34. The summed E-state index contributed by atoms with van der Waals surface area (Å²) in [6.45, 7) is 1.97. The molecule has 3 rings (SSSR count). The smallest absolute Gasteiger partial charge is 0.265 e. The van der Waals surface area contributed by atoms with Gasteiger partial charge in [-0.25, -0.2) is 0 Å². The molecule has 0 atom stereocenters. The summed E-state index contributed by atoms with van der Waals surface area (Å²) in [5, 5.41) is 2.92. The average Bonchev–Trinajstić information content (AvgIpc) is 2.86. The van der Waals surface area contributed by atoms with Crippen LogP contribution in [-0.4, -0.2) is 11.7 Å². The summed E-state index contributed by atoms with van der Waals surface area (Å²) in [5.74, 6) is 2.07. The Morgan fingerprint density at radius 3 is 2.90 bits per heavy atom. The van der Waals surface area contributed by atoms with Crippen LogP contribution in [0.25, 0.3) is 0 Å². The number of benzene rings is 1. The van der Waals surface area contributed by atoms with Crippen molar-refractivity contribution >= 4 is 56.3 Å². The van der Waals surface area contributed by atoms with Crippen LogP contribution in [-0.2, 0) is 12.2 Å². The summed E-state index contributed by atoms with van der Waals surface area (Å²) in [7, 11) is 0. The minimum Gasteiger partial charge on any atom is -0.397 e. The van der Waals surface area contributed by atoms with Crippen molar-refractivity contribution in [2.45, 2.75) is 19.1 Å². The van der Waals surface area contributed by atoms with Crippen LogP contribution in [0.2, 0.25) is 0 Å². The fourth-order valence-corrected chi connectivity index (χ4v) is 5.29. The first-order valence-corrected chi connectivity index (χ1v) is 9.37. The second kappa shape index (κ2) is 6.02. The van der Waals surface area contributed by atoms with Crippen molar-refractivity contribution in [3.63, 3.8) is 0 Å².